The third kappa shape index (κ3) is 4.87. The van der Waals surface area contributed by atoms with Gasteiger partial charge < -0.3 is 10.1 Å². The summed E-state index contributed by atoms with van der Waals surface area (Å²) in [6.07, 6.45) is -0.245. The Kier molecular flexibility index (Phi) is 5.96. The molecule has 0 aliphatic carbocycles. The summed E-state index contributed by atoms with van der Waals surface area (Å²) in [7, 11) is -2.13. The van der Waals surface area contributed by atoms with Gasteiger partial charge >= 0.3 is 0 Å². The van der Waals surface area contributed by atoms with Crippen molar-refractivity contribution in [2.75, 3.05) is 20.2 Å². The van der Waals surface area contributed by atoms with E-state index in [1.165, 1.54) is 19.2 Å². The van der Waals surface area contributed by atoms with Gasteiger partial charge in [-0.05, 0) is 24.3 Å². The fourth-order valence-electron chi connectivity index (χ4n) is 1.36. The van der Waals surface area contributed by atoms with Crippen LogP contribution >= 0.6 is 0 Å². The Balaban J connectivity index is 2.49. The van der Waals surface area contributed by atoms with Gasteiger partial charge in [0.2, 0.25) is 15.9 Å². The van der Waals surface area contributed by atoms with E-state index >= 15 is 0 Å². The number of ether oxygens (including phenoxy) is 1. The lowest BCUT2D eigenvalue weighted by atomic mass is 10.3. The van der Waals surface area contributed by atoms with Crippen molar-refractivity contribution < 1.29 is 17.9 Å². The minimum Gasteiger partial charge on any atom is -0.497 e. The van der Waals surface area contributed by atoms with Crippen LogP contribution in [0.15, 0.2) is 29.2 Å². The number of nitrogens with zero attached hydrogens (tertiary/aromatic N) is 1. The van der Waals surface area contributed by atoms with E-state index in [2.05, 4.69) is 10.0 Å². The number of rotatable bonds is 7. The van der Waals surface area contributed by atoms with Gasteiger partial charge in [0.1, 0.15) is 12.2 Å². The van der Waals surface area contributed by atoms with Gasteiger partial charge in [-0.25, -0.2) is 13.1 Å². The van der Waals surface area contributed by atoms with Crippen LogP contribution in [0.25, 0.3) is 0 Å². The van der Waals surface area contributed by atoms with E-state index in [1.54, 1.807) is 18.2 Å². The number of amides is 1. The SMILES string of the molecule is COc1ccc(S(=O)(=O)NCCNC(=O)CC#N)cc1. The van der Waals surface area contributed by atoms with E-state index in [-0.39, 0.29) is 24.4 Å². The molecular weight excluding hydrogens is 282 g/mol. The molecule has 1 aromatic carbocycles. The average Bonchev–Trinajstić information content (AvgIpc) is 2.44. The van der Waals surface area contributed by atoms with Gasteiger partial charge in [0.15, 0.2) is 0 Å². The predicted molar refractivity (Wildman–Crippen MR) is 71.4 cm³/mol. The summed E-state index contributed by atoms with van der Waals surface area (Å²) in [6.45, 7) is 0.168. The van der Waals surface area contributed by atoms with Crippen LogP contribution in [0.4, 0.5) is 0 Å². The monoisotopic (exact) mass is 297 g/mol. The lowest BCUT2D eigenvalue weighted by Gasteiger charge is -2.08. The number of nitrogens with one attached hydrogen (secondary N) is 2. The molecule has 0 fully saturated rings. The predicted octanol–water partition coefficient (Wildman–Crippen LogP) is 0.00338. The van der Waals surface area contributed by atoms with Gasteiger partial charge in [-0.3, -0.25) is 4.79 Å². The Bertz CT molecular complexity index is 590. The van der Waals surface area contributed by atoms with E-state index in [1.807, 2.05) is 0 Å². The zero-order chi connectivity index (χ0) is 15.0. The standard InChI is InChI=1S/C12H15N3O4S/c1-19-10-2-4-11(5-3-10)20(17,18)15-9-8-14-12(16)6-7-13/h2-5,15H,6,8-9H2,1H3,(H,14,16). The molecule has 2 N–H and O–H groups in total. The molecule has 0 atom stereocenters. The molecule has 7 nitrogen and oxygen atoms in total. The number of hydrogen-bond donors (Lipinski definition) is 2. The lowest BCUT2D eigenvalue weighted by molar-refractivity contribution is -0.120. The Morgan fingerprint density at radius 2 is 1.95 bits per heavy atom. The summed E-state index contributed by atoms with van der Waals surface area (Å²) in [5.41, 5.74) is 0. The van der Waals surface area contributed by atoms with Crippen molar-refractivity contribution in [1.29, 1.82) is 5.26 Å². The number of carbonyl (C=O) groups excluding carboxylic acids is 1. The molecule has 0 aliphatic heterocycles. The first kappa shape index (κ1) is 15.9. The molecule has 0 aromatic heterocycles. The third-order valence-corrected chi connectivity index (χ3v) is 3.83. The number of hydrogen-bond acceptors (Lipinski definition) is 5. The molecule has 1 rings (SSSR count). The maximum atomic E-state index is 11.9. The number of nitriles is 1. The molecule has 0 heterocycles. The van der Waals surface area contributed by atoms with Crippen molar-refractivity contribution in [2.45, 2.75) is 11.3 Å². The van der Waals surface area contributed by atoms with Crippen LogP contribution in [0.1, 0.15) is 6.42 Å². The van der Waals surface area contributed by atoms with E-state index in [0.29, 0.717) is 5.75 Å². The molecule has 20 heavy (non-hydrogen) atoms. The Labute approximate surface area is 117 Å². The topological polar surface area (TPSA) is 108 Å². The zero-order valence-electron chi connectivity index (χ0n) is 10.9. The van der Waals surface area contributed by atoms with Gasteiger partial charge in [-0.1, -0.05) is 0 Å². The van der Waals surface area contributed by atoms with Gasteiger partial charge in [0.05, 0.1) is 18.1 Å². The zero-order valence-corrected chi connectivity index (χ0v) is 11.7. The van der Waals surface area contributed by atoms with Crippen molar-refractivity contribution in [1.82, 2.24) is 10.0 Å². The van der Waals surface area contributed by atoms with Crippen molar-refractivity contribution in [3.8, 4) is 11.8 Å². The molecule has 0 spiro atoms. The molecule has 0 saturated carbocycles. The molecule has 108 valence electrons. The third-order valence-electron chi connectivity index (χ3n) is 2.35. The first-order valence-corrected chi connectivity index (χ1v) is 7.25. The summed E-state index contributed by atoms with van der Waals surface area (Å²) in [5.74, 6) is 0.129. The molecule has 0 bridgehead atoms. The number of benzene rings is 1. The van der Waals surface area contributed by atoms with Crippen LogP contribution in [-0.2, 0) is 14.8 Å². The van der Waals surface area contributed by atoms with Crippen LogP contribution in [-0.4, -0.2) is 34.5 Å². The Morgan fingerprint density at radius 3 is 2.50 bits per heavy atom. The van der Waals surface area contributed by atoms with Crippen molar-refractivity contribution in [2.24, 2.45) is 0 Å². The number of carbonyl (C=O) groups is 1. The maximum Gasteiger partial charge on any atom is 0.240 e. The lowest BCUT2D eigenvalue weighted by Crippen LogP contribution is -2.34. The highest BCUT2D eigenvalue weighted by molar-refractivity contribution is 7.89. The number of sulfonamides is 1. The normalized spacial score (nSPS) is 10.6. The largest absolute Gasteiger partial charge is 0.497 e. The fourth-order valence-corrected chi connectivity index (χ4v) is 2.39. The number of methoxy groups -OCH3 is 1. The van der Waals surface area contributed by atoms with Crippen LogP contribution < -0.4 is 14.8 Å². The second kappa shape index (κ2) is 7.47. The average molecular weight is 297 g/mol. The van der Waals surface area contributed by atoms with Gasteiger partial charge in [-0.2, -0.15) is 5.26 Å². The summed E-state index contributed by atoms with van der Waals surface area (Å²) in [6, 6.07) is 7.64. The van der Waals surface area contributed by atoms with E-state index in [9.17, 15) is 13.2 Å². The molecule has 0 radical (unpaired) electrons. The molecule has 1 aromatic rings. The van der Waals surface area contributed by atoms with Crippen LogP contribution in [0.5, 0.6) is 5.75 Å². The van der Waals surface area contributed by atoms with Gasteiger partial charge in [-0.15, -0.1) is 0 Å². The van der Waals surface area contributed by atoms with Crippen molar-refractivity contribution >= 4 is 15.9 Å². The summed E-state index contributed by atoms with van der Waals surface area (Å²) < 4.78 is 31.1. The van der Waals surface area contributed by atoms with Gasteiger partial charge in [0, 0.05) is 13.1 Å². The van der Waals surface area contributed by atoms with Gasteiger partial charge in [0.25, 0.3) is 0 Å². The fraction of sp³-hybridized carbons (Fsp3) is 0.333. The summed E-state index contributed by atoms with van der Waals surface area (Å²) >= 11 is 0. The molecule has 8 heteroatoms. The highest BCUT2D eigenvalue weighted by Crippen LogP contribution is 2.14. The van der Waals surface area contributed by atoms with Crippen LogP contribution in [0.2, 0.25) is 0 Å². The second-order valence-corrected chi connectivity index (χ2v) is 5.53. The Hall–Kier alpha value is -2.11. The van der Waals surface area contributed by atoms with Crippen molar-refractivity contribution in [3.05, 3.63) is 24.3 Å². The second-order valence-electron chi connectivity index (χ2n) is 3.76. The molecule has 1 amide bonds. The molecule has 0 unspecified atom stereocenters. The van der Waals surface area contributed by atoms with Crippen LogP contribution in [0.3, 0.4) is 0 Å². The smallest absolute Gasteiger partial charge is 0.240 e. The van der Waals surface area contributed by atoms with E-state index < -0.39 is 15.9 Å². The van der Waals surface area contributed by atoms with E-state index in [0.717, 1.165) is 0 Å². The summed E-state index contributed by atoms with van der Waals surface area (Å²) in [4.78, 5) is 11.1. The molecule has 0 aliphatic rings. The summed E-state index contributed by atoms with van der Waals surface area (Å²) in [5, 5.41) is 10.7. The minimum atomic E-state index is -3.62. The highest BCUT2D eigenvalue weighted by atomic mass is 32.2. The Morgan fingerprint density at radius 1 is 1.30 bits per heavy atom. The first-order chi connectivity index (χ1) is 9.49. The first-order valence-electron chi connectivity index (χ1n) is 5.77. The van der Waals surface area contributed by atoms with E-state index in [4.69, 9.17) is 10.00 Å². The maximum absolute atomic E-state index is 11.9. The molecule has 0 saturated heterocycles. The quantitative estimate of drug-likeness (QED) is 0.689. The van der Waals surface area contributed by atoms with Crippen molar-refractivity contribution in [3.63, 3.8) is 0 Å². The minimum absolute atomic E-state index is 0.0472. The molecular formula is C12H15N3O4S. The highest BCUT2D eigenvalue weighted by Gasteiger charge is 2.13. The van der Waals surface area contributed by atoms with Crippen LogP contribution in [0, 0.1) is 11.3 Å².